The van der Waals surface area contributed by atoms with Gasteiger partial charge in [0.2, 0.25) is 0 Å². The van der Waals surface area contributed by atoms with E-state index in [1.54, 1.807) is 12.3 Å². The van der Waals surface area contributed by atoms with E-state index in [0.717, 1.165) is 11.6 Å². The number of aryl methyl sites for hydroxylation is 1. The molecule has 3 aromatic rings. The minimum atomic E-state index is -0.529. The Hall–Kier alpha value is -3.93. The zero-order chi connectivity index (χ0) is 20.5. The maximum absolute atomic E-state index is 14.4. The van der Waals surface area contributed by atoms with Crippen molar-refractivity contribution in [3.05, 3.63) is 64.9 Å². The van der Waals surface area contributed by atoms with Crippen LogP contribution in [0.2, 0.25) is 0 Å². The summed E-state index contributed by atoms with van der Waals surface area (Å²) in [5, 5.41) is 22.1. The van der Waals surface area contributed by atoms with E-state index in [4.69, 9.17) is 4.74 Å². The van der Waals surface area contributed by atoms with E-state index in [0.29, 0.717) is 28.3 Å². The summed E-state index contributed by atoms with van der Waals surface area (Å²) in [4.78, 5) is 14.7. The Bertz CT molecular complexity index is 1130. The van der Waals surface area contributed by atoms with Gasteiger partial charge in [0, 0.05) is 36.1 Å². The Kier molecular flexibility index (Phi) is 4.60. The van der Waals surface area contributed by atoms with E-state index in [2.05, 4.69) is 26.3 Å². The number of nitrogens with one attached hydrogen (secondary N) is 1. The summed E-state index contributed by atoms with van der Waals surface area (Å²) in [5.74, 6) is -0.124. The van der Waals surface area contributed by atoms with Crippen molar-refractivity contribution in [2.24, 2.45) is 0 Å². The first-order valence-corrected chi connectivity index (χ1v) is 8.78. The van der Waals surface area contributed by atoms with Crippen molar-refractivity contribution in [1.82, 2.24) is 15.0 Å². The summed E-state index contributed by atoms with van der Waals surface area (Å²) >= 11 is 0. The molecule has 0 bridgehead atoms. The molecule has 2 aromatic heterocycles. The molecule has 8 nitrogen and oxygen atoms in total. The molecule has 0 aliphatic carbocycles. The number of halogens is 1. The van der Waals surface area contributed by atoms with Crippen molar-refractivity contribution in [2.75, 3.05) is 17.3 Å². The monoisotopic (exact) mass is 392 g/mol. The van der Waals surface area contributed by atoms with Crippen molar-refractivity contribution < 1.29 is 14.2 Å². The molecule has 1 unspecified atom stereocenters. The second-order valence-electron chi connectivity index (χ2n) is 6.56. The predicted molar refractivity (Wildman–Crippen MR) is 103 cm³/mol. The molecule has 0 amide bonds. The number of aromatic hydroxyl groups is 1. The van der Waals surface area contributed by atoms with Crippen molar-refractivity contribution >= 4 is 11.5 Å². The first kappa shape index (κ1) is 18.4. The summed E-state index contributed by atoms with van der Waals surface area (Å²) in [6.45, 7) is 1.98. The Morgan fingerprint density at radius 3 is 2.86 bits per heavy atom. The Labute approximate surface area is 166 Å². The van der Waals surface area contributed by atoms with Crippen LogP contribution in [0.1, 0.15) is 28.6 Å². The fraction of sp³-hybridized carbons (Fsp3) is 0.200. The first-order valence-electron chi connectivity index (χ1n) is 8.78. The molecule has 0 saturated carbocycles. The molecule has 1 atom stereocenters. The van der Waals surface area contributed by atoms with Gasteiger partial charge in [-0.3, -0.25) is 4.98 Å². The zero-order valence-corrected chi connectivity index (χ0v) is 15.7. The molecule has 1 aliphatic rings. The third kappa shape index (κ3) is 3.36. The molecule has 0 saturated heterocycles. The molecule has 9 heteroatoms. The van der Waals surface area contributed by atoms with Crippen LogP contribution in [0.25, 0.3) is 0 Å². The van der Waals surface area contributed by atoms with Gasteiger partial charge in [-0.05, 0) is 19.1 Å². The minimum absolute atomic E-state index is 0.145. The molecule has 146 valence electrons. The third-order valence-corrected chi connectivity index (χ3v) is 4.68. The molecule has 0 spiro atoms. The second-order valence-corrected chi connectivity index (χ2v) is 6.56. The number of rotatable bonds is 4. The number of pyridine rings is 1. The van der Waals surface area contributed by atoms with E-state index >= 15 is 0 Å². The molecule has 1 aromatic carbocycles. The van der Waals surface area contributed by atoms with Crippen LogP contribution >= 0.6 is 0 Å². The van der Waals surface area contributed by atoms with Crippen molar-refractivity contribution in [2.45, 2.75) is 19.6 Å². The lowest BCUT2D eigenvalue weighted by atomic mass is 10.1. The maximum Gasteiger partial charge on any atom is 0.318 e. The Morgan fingerprint density at radius 2 is 2.14 bits per heavy atom. The van der Waals surface area contributed by atoms with Crippen LogP contribution in [0.3, 0.4) is 0 Å². The number of nitrogens with zero attached hydrogens (tertiary/aromatic N) is 5. The standard InChI is InChI=1S/C20H17FN6O2/c1-11-17-19(26-20(24-11)29-2)27(10-13-3-4-15(28)6-16(13)21)18(25-17)14-5-12(7-22)8-23-9-14/h3-6,8-9,18,25,28H,10H2,1-2H3. The number of hydrogen-bond acceptors (Lipinski definition) is 8. The molecular weight excluding hydrogens is 375 g/mol. The lowest BCUT2D eigenvalue weighted by Crippen LogP contribution is -2.28. The van der Waals surface area contributed by atoms with E-state index in [9.17, 15) is 14.8 Å². The summed E-state index contributed by atoms with van der Waals surface area (Å²) in [6, 6.07) is 8.02. The lowest BCUT2D eigenvalue weighted by Gasteiger charge is -2.26. The van der Waals surface area contributed by atoms with E-state index in [-0.39, 0.29) is 18.3 Å². The number of phenolic OH excluding ortho intramolecular Hbond substituents is 1. The summed E-state index contributed by atoms with van der Waals surface area (Å²) < 4.78 is 19.6. The first-order chi connectivity index (χ1) is 14.0. The topological polar surface area (TPSA) is 107 Å². The normalized spacial score (nSPS) is 14.8. The van der Waals surface area contributed by atoms with Crippen molar-refractivity contribution in [3.63, 3.8) is 0 Å². The van der Waals surface area contributed by atoms with Crippen LogP contribution in [0, 0.1) is 24.1 Å². The van der Waals surface area contributed by atoms with Gasteiger partial charge >= 0.3 is 6.01 Å². The predicted octanol–water partition coefficient (Wildman–Crippen LogP) is 3.04. The Morgan fingerprint density at radius 1 is 1.31 bits per heavy atom. The van der Waals surface area contributed by atoms with Crippen molar-refractivity contribution in [1.29, 1.82) is 5.26 Å². The molecule has 3 heterocycles. The average Bonchev–Trinajstić information content (AvgIpc) is 3.09. The highest BCUT2D eigenvalue weighted by Gasteiger charge is 2.34. The van der Waals surface area contributed by atoms with Crippen LogP contribution in [0.5, 0.6) is 11.8 Å². The van der Waals surface area contributed by atoms with Gasteiger partial charge in [0.25, 0.3) is 0 Å². The van der Waals surface area contributed by atoms with Crippen LogP contribution < -0.4 is 15.0 Å². The Balaban J connectivity index is 1.82. The van der Waals surface area contributed by atoms with Gasteiger partial charge in [-0.25, -0.2) is 4.39 Å². The lowest BCUT2D eigenvalue weighted by molar-refractivity contribution is 0.379. The van der Waals surface area contributed by atoms with Gasteiger partial charge in [-0.1, -0.05) is 6.07 Å². The quantitative estimate of drug-likeness (QED) is 0.698. The highest BCUT2D eigenvalue weighted by molar-refractivity contribution is 5.75. The van der Waals surface area contributed by atoms with Gasteiger partial charge in [-0.15, -0.1) is 0 Å². The highest BCUT2D eigenvalue weighted by Crippen LogP contribution is 2.43. The largest absolute Gasteiger partial charge is 0.508 e. The van der Waals surface area contributed by atoms with Crippen LogP contribution in [-0.4, -0.2) is 27.2 Å². The van der Waals surface area contributed by atoms with Crippen molar-refractivity contribution in [3.8, 4) is 17.8 Å². The summed E-state index contributed by atoms with van der Waals surface area (Å²) in [6.07, 6.45) is 2.67. The fourth-order valence-corrected chi connectivity index (χ4v) is 3.28. The molecule has 1 aliphatic heterocycles. The zero-order valence-electron chi connectivity index (χ0n) is 15.7. The number of anilines is 2. The molecule has 0 fully saturated rings. The minimum Gasteiger partial charge on any atom is -0.508 e. The third-order valence-electron chi connectivity index (χ3n) is 4.68. The van der Waals surface area contributed by atoms with Gasteiger partial charge in [0.05, 0.1) is 18.4 Å². The summed E-state index contributed by atoms with van der Waals surface area (Å²) in [5.41, 5.74) is 2.88. The number of fused-ring (bicyclic) bond motifs is 1. The van der Waals surface area contributed by atoms with E-state index in [1.807, 2.05) is 11.8 Å². The number of methoxy groups -OCH3 is 1. The van der Waals surface area contributed by atoms with E-state index in [1.165, 1.54) is 25.4 Å². The van der Waals surface area contributed by atoms with Crippen LogP contribution in [-0.2, 0) is 6.54 Å². The summed E-state index contributed by atoms with van der Waals surface area (Å²) in [7, 11) is 1.48. The molecule has 29 heavy (non-hydrogen) atoms. The maximum atomic E-state index is 14.4. The fourth-order valence-electron chi connectivity index (χ4n) is 3.28. The van der Waals surface area contributed by atoms with Gasteiger partial charge in [0.15, 0.2) is 5.82 Å². The SMILES string of the molecule is COc1nc(C)c2c(n1)N(Cc1ccc(O)cc1F)C(c1cncc(C#N)c1)N2. The van der Waals surface area contributed by atoms with Gasteiger partial charge < -0.3 is 20.1 Å². The smallest absolute Gasteiger partial charge is 0.318 e. The molecule has 2 N–H and O–H groups in total. The number of phenols is 1. The van der Waals surface area contributed by atoms with Crippen LogP contribution in [0.4, 0.5) is 15.9 Å². The second kappa shape index (κ2) is 7.24. The molecule has 0 radical (unpaired) electrons. The molecular formula is C20H17FN6O2. The number of benzene rings is 1. The number of hydrogen-bond donors (Lipinski definition) is 2. The van der Waals surface area contributed by atoms with E-state index < -0.39 is 12.0 Å². The number of nitriles is 1. The van der Waals surface area contributed by atoms with Gasteiger partial charge in [0.1, 0.15) is 29.5 Å². The van der Waals surface area contributed by atoms with Gasteiger partial charge in [-0.2, -0.15) is 15.2 Å². The molecule has 4 rings (SSSR count). The average molecular weight is 392 g/mol. The number of aromatic nitrogens is 3. The highest BCUT2D eigenvalue weighted by atomic mass is 19.1. The number of ether oxygens (including phenoxy) is 1. The van der Waals surface area contributed by atoms with Crippen LogP contribution in [0.15, 0.2) is 36.7 Å².